The maximum absolute atomic E-state index is 12.0. The highest BCUT2D eigenvalue weighted by Crippen LogP contribution is 2.14. The van der Waals surface area contributed by atoms with Crippen LogP contribution in [0.1, 0.15) is 36.0 Å². The van der Waals surface area contributed by atoms with E-state index in [2.05, 4.69) is 11.9 Å². The Hall–Kier alpha value is -1.19. The first-order chi connectivity index (χ1) is 9.75. The zero-order valence-electron chi connectivity index (χ0n) is 12.4. The van der Waals surface area contributed by atoms with Crippen molar-refractivity contribution in [1.29, 1.82) is 0 Å². The zero-order valence-corrected chi connectivity index (χ0v) is 12.4. The molecule has 3 nitrogen and oxygen atoms in total. The van der Waals surface area contributed by atoms with Gasteiger partial charge < -0.3 is 9.64 Å². The van der Waals surface area contributed by atoms with E-state index in [1.807, 2.05) is 30.3 Å². The molecule has 1 aromatic carbocycles. The van der Waals surface area contributed by atoms with Crippen molar-refractivity contribution in [3.8, 4) is 0 Å². The topological polar surface area (TPSA) is 29.5 Å². The quantitative estimate of drug-likeness (QED) is 0.716. The van der Waals surface area contributed by atoms with Gasteiger partial charge in [-0.05, 0) is 38.8 Å². The standard InChI is InChI=1S/C17H25NO2/c1-18(13-15-7-6-12-20-14-15)11-5-10-17(19)16-8-3-2-4-9-16/h2-4,8-9,15H,5-7,10-14H2,1H3. The number of carbonyl (C=O) groups is 1. The Bertz CT molecular complexity index is 399. The number of hydrogen-bond acceptors (Lipinski definition) is 3. The van der Waals surface area contributed by atoms with Gasteiger partial charge in [-0.1, -0.05) is 30.3 Å². The second-order valence-corrected chi connectivity index (χ2v) is 5.74. The third-order valence-electron chi connectivity index (χ3n) is 3.86. The minimum atomic E-state index is 0.250. The molecule has 110 valence electrons. The summed E-state index contributed by atoms with van der Waals surface area (Å²) in [5.74, 6) is 0.915. The number of rotatable bonds is 7. The highest BCUT2D eigenvalue weighted by molar-refractivity contribution is 5.95. The van der Waals surface area contributed by atoms with Gasteiger partial charge >= 0.3 is 0 Å². The molecular formula is C17H25NO2. The van der Waals surface area contributed by atoms with Crippen LogP contribution in [0.25, 0.3) is 0 Å². The molecule has 0 bridgehead atoms. The lowest BCUT2D eigenvalue weighted by molar-refractivity contribution is 0.0418. The Labute approximate surface area is 121 Å². The number of benzene rings is 1. The fourth-order valence-electron chi connectivity index (χ4n) is 2.76. The maximum Gasteiger partial charge on any atom is 0.162 e. The van der Waals surface area contributed by atoms with Crippen LogP contribution in [0.4, 0.5) is 0 Å². The molecule has 0 aromatic heterocycles. The van der Waals surface area contributed by atoms with Gasteiger partial charge in [0.15, 0.2) is 5.78 Å². The van der Waals surface area contributed by atoms with E-state index in [1.165, 1.54) is 12.8 Å². The van der Waals surface area contributed by atoms with Gasteiger partial charge in [0.25, 0.3) is 0 Å². The van der Waals surface area contributed by atoms with E-state index in [0.717, 1.165) is 38.3 Å². The van der Waals surface area contributed by atoms with Crippen LogP contribution in [0, 0.1) is 5.92 Å². The molecule has 1 atom stereocenters. The van der Waals surface area contributed by atoms with Crippen molar-refractivity contribution in [2.75, 3.05) is 33.4 Å². The molecule has 0 amide bonds. The number of Topliss-reactive ketones (excluding diaryl/α,β-unsaturated/α-hetero) is 1. The summed E-state index contributed by atoms with van der Waals surface area (Å²) >= 11 is 0. The molecule has 0 radical (unpaired) electrons. The van der Waals surface area contributed by atoms with Crippen LogP contribution in [0.5, 0.6) is 0 Å². The van der Waals surface area contributed by atoms with Crippen molar-refractivity contribution in [3.05, 3.63) is 35.9 Å². The molecule has 0 N–H and O–H groups in total. The Morgan fingerprint density at radius 3 is 2.85 bits per heavy atom. The van der Waals surface area contributed by atoms with Gasteiger partial charge in [-0.25, -0.2) is 0 Å². The summed E-state index contributed by atoms with van der Waals surface area (Å²) in [5.41, 5.74) is 0.829. The van der Waals surface area contributed by atoms with Gasteiger partial charge in [-0.15, -0.1) is 0 Å². The van der Waals surface area contributed by atoms with E-state index in [4.69, 9.17) is 4.74 Å². The molecular weight excluding hydrogens is 250 g/mol. The Morgan fingerprint density at radius 1 is 1.35 bits per heavy atom. The molecule has 1 fully saturated rings. The van der Waals surface area contributed by atoms with Crippen molar-refractivity contribution >= 4 is 5.78 Å². The van der Waals surface area contributed by atoms with E-state index < -0.39 is 0 Å². The van der Waals surface area contributed by atoms with Crippen LogP contribution < -0.4 is 0 Å². The second kappa shape index (κ2) is 8.18. The molecule has 1 aromatic rings. The number of nitrogens with zero attached hydrogens (tertiary/aromatic N) is 1. The van der Waals surface area contributed by atoms with E-state index in [-0.39, 0.29) is 5.78 Å². The fourth-order valence-corrected chi connectivity index (χ4v) is 2.76. The van der Waals surface area contributed by atoms with Crippen molar-refractivity contribution < 1.29 is 9.53 Å². The van der Waals surface area contributed by atoms with Gasteiger partial charge in [-0.2, -0.15) is 0 Å². The average Bonchev–Trinajstić information content (AvgIpc) is 2.49. The van der Waals surface area contributed by atoms with Crippen molar-refractivity contribution in [2.24, 2.45) is 5.92 Å². The minimum absolute atomic E-state index is 0.250. The second-order valence-electron chi connectivity index (χ2n) is 5.74. The summed E-state index contributed by atoms with van der Waals surface area (Å²) in [6.07, 6.45) is 4.02. The highest BCUT2D eigenvalue weighted by Gasteiger charge is 2.15. The van der Waals surface area contributed by atoms with Gasteiger partial charge in [0, 0.05) is 25.1 Å². The van der Waals surface area contributed by atoms with Crippen LogP contribution in [0.2, 0.25) is 0 Å². The molecule has 3 heteroatoms. The smallest absolute Gasteiger partial charge is 0.162 e. The fraction of sp³-hybridized carbons (Fsp3) is 0.588. The van der Waals surface area contributed by atoms with Gasteiger partial charge in [-0.3, -0.25) is 4.79 Å². The molecule has 1 heterocycles. The summed E-state index contributed by atoms with van der Waals surface area (Å²) in [7, 11) is 2.14. The summed E-state index contributed by atoms with van der Waals surface area (Å²) in [5, 5.41) is 0. The van der Waals surface area contributed by atoms with E-state index in [1.54, 1.807) is 0 Å². The largest absolute Gasteiger partial charge is 0.381 e. The van der Waals surface area contributed by atoms with Crippen LogP contribution in [-0.4, -0.2) is 44.0 Å². The van der Waals surface area contributed by atoms with Crippen LogP contribution >= 0.6 is 0 Å². The maximum atomic E-state index is 12.0. The highest BCUT2D eigenvalue weighted by atomic mass is 16.5. The third kappa shape index (κ3) is 5.06. The summed E-state index contributed by atoms with van der Waals surface area (Å²) in [6, 6.07) is 9.57. The van der Waals surface area contributed by atoms with Gasteiger partial charge in [0.2, 0.25) is 0 Å². The van der Waals surface area contributed by atoms with Crippen molar-refractivity contribution in [3.63, 3.8) is 0 Å². The number of ether oxygens (including phenoxy) is 1. The van der Waals surface area contributed by atoms with E-state index in [0.29, 0.717) is 12.3 Å². The third-order valence-corrected chi connectivity index (χ3v) is 3.86. The lowest BCUT2D eigenvalue weighted by Gasteiger charge is -2.27. The first-order valence-corrected chi connectivity index (χ1v) is 7.60. The zero-order chi connectivity index (χ0) is 14.2. The van der Waals surface area contributed by atoms with Crippen molar-refractivity contribution in [1.82, 2.24) is 4.90 Å². The lowest BCUT2D eigenvalue weighted by Crippen LogP contribution is -2.31. The van der Waals surface area contributed by atoms with Crippen LogP contribution in [-0.2, 0) is 4.74 Å². The lowest BCUT2D eigenvalue weighted by atomic mass is 10.0. The number of ketones is 1. The first kappa shape index (κ1) is 15.2. The average molecular weight is 275 g/mol. The SMILES string of the molecule is CN(CCCC(=O)c1ccccc1)CC1CCCOC1. The van der Waals surface area contributed by atoms with E-state index >= 15 is 0 Å². The molecule has 1 aliphatic rings. The summed E-state index contributed by atoms with van der Waals surface area (Å²) in [4.78, 5) is 14.3. The summed E-state index contributed by atoms with van der Waals surface area (Å²) < 4.78 is 5.50. The van der Waals surface area contributed by atoms with E-state index in [9.17, 15) is 4.79 Å². The predicted octanol–water partition coefficient (Wildman–Crippen LogP) is 3.01. The van der Waals surface area contributed by atoms with Crippen LogP contribution in [0.3, 0.4) is 0 Å². The molecule has 20 heavy (non-hydrogen) atoms. The molecule has 1 unspecified atom stereocenters. The molecule has 1 aliphatic heterocycles. The summed E-state index contributed by atoms with van der Waals surface area (Å²) in [6.45, 7) is 3.88. The molecule has 2 rings (SSSR count). The van der Waals surface area contributed by atoms with Crippen LogP contribution in [0.15, 0.2) is 30.3 Å². The van der Waals surface area contributed by atoms with Gasteiger partial charge in [0.05, 0.1) is 6.61 Å². The normalized spacial score (nSPS) is 19.2. The Kier molecular flexibility index (Phi) is 6.22. The monoisotopic (exact) mass is 275 g/mol. The number of hydrogen-bond donors (Lipinski definition) is 0. The molecule has 0 aliphatic carbocycles. The van der Waals surface area contributed by atoms with Crippen molar-refractivity contribution in [2.45, 2.75) is 25.7 Å². The predicted molar refractivity (Wildman–Crippen MR) is 81.0 cm³/mol. The molecule has 0 saturated carbocycles. The Morgan fingerprint density at radius 2 is 2.15 bits per heavy atom. The first-order valence-electron chi connectivity index (χ1n) is 7.60. The Balaban J connectivity index is 1.63. The minimum Gasteiger partial charge on any atom is -0.381 e. The number of carbonyl (C=O) groups excluding carboxylic acids is 1. The molecule has 0 spiro atoms. The van der Waals surface area contributed by atoms with Gasteiger partial charge in [0.1, 0.15) is 0 Å². The molecule has 1 saturated heterocycles.